The summed E-state index contributed by atoms with van der Waals surface area (Å²) in [6.45, 7) is 8.48. The van der Waals surface area contributed by atoms with E-state index < -0.39 is 0 Å². The van der Waals surface area contributed by atoms with Crippen LogP contribution in [0.5, 0.6) is 5.75 Å². The Morgan fingerprint density at radius 3 is 2.13 bits per heavy atom. The van der Waals surface area contributed by atoms with E-state index in [2.05, 4.69) is 31.8 Å². The lowest BCUT2D eigenvalue weighted by atomic mass is 10.2. The fourth-order valence-electron chi connectivity index (χ4n) is 3.45. The summed E-state index contributed by atoms with van der Waals surface area (Å²) in [4.78, 5) is 19.3. The van der Waals surface area contributed by atoms with Gasteiger partial charge in [-0.3, -0.25) is 9.97 Å². The second-order valence-corrected chi connectivity index (χ2v) is 7.22. The number of piperidine rings is 1. The second kappa shape index (κ2) is 10.7. The molecule has 2 fully saturated rings. The Hall–Kier alpha value is -3.02. The van der Waals surface area contributed by atoms with Crippen molar-refractivity contribution in [3.8, 4) is 17.0 Å². The molecule has 158 valence electrons. The first-order valence-corrected chi connectivity index (χ1v) is 10.7. The van der Waals surface area contributed by atoms with Crippen LogP contribution in [0.4, 0.5) is 5.95 Å². The van der Waals surface area contributed by atoms with Gasteiger partial charge in [-0.1, -0.05) is 20.8 Å². The Balaban J connectivity index is 0.000000158. The first kappa shape index (κ1) is 21.7. The quantitative estimate of drug-likeness (QED) is 0.628. The second-order valence-electron chi connectivity index (χ2n) is 7.22. The molecule has 4 heterocycles. The number of anilines is 1. The predicted octanol–water partition coefficient (Wildman–Crippen LogP) is 4.67. The lowest BCUT2D eigenvalue weighted by Crippen LogP contribution is -2.23. The Morgan fingerprint density at radius 1 is 0.933 bits per heavy atom. The highest BCUT2D eigenvalue weighted by Gasteiger charge is 2.45. The zero-order valence-corrected chi connectivity index (χ0v) is 18.3. The normalized spacial score (nSPS) is 18.3. The van der Waals surface area contributed by atoms with Gasteiger partial charge in [0.1, 0.15) is 5.75 Å². The van der Waals surface area contributed by atoms with E-state index in [4.69, 9.17) is 4.74 Å². The van der Waals surface area contributed by atoms with E-state index in [1.54, 1.807) is 25.7 Å². The number of hydrogen-bond acceptors (Lipinski definition) is 6. The number of aryl methyl sites for hydroxylation is 1. The SMILES string of the molecule is CC.CCc1cnc(N2CC3CC3C2)nc1.COc1ccc(-c2ccncc2)nc1. The standard InChI is InChI=1S/C11H15N3.C11H10N2O.C2H6/c1-2-8-4-12-11(13-5-8)14-6-9-3-10(9)7-14;1-14-10-2-3-11(13-8-10)9-4-6-12-7-5-9;1-2/h4-5,9-10H,2-3,6-7H2,1H3;2-8H,1H3;1-2H3. The van der Waals surface area contributed by atoms with Crippen LogP contribution in [0.1, 0.15) is 32.8 Å². The molecule has 1 aliphatic heterocycles. The van der Waals surface area contributed by atoms with Crippen LogP contribution in [0.25, 0.3) is 11.3 Å². The highest BCUT2D eigenvalue weighted by atomic mass is 16.5. The largest absolute Gasteiger partial charge is 0.495 e. The molecule has 3 aromatic heterocycles. The number of pyridine rings is 2. The number of rotatable bonds is 4. The van der Waals surface area contributed by atoms with Gasteiger partial charge in [-0.15, -0.1) is 0 Å². The van der Waals surface area contributed by atoms with Crippen LogP contribution in [-0.2, 0) is 6.42 Å². The first-order chi connectivity index (χ1) is 14.8. The minimum absolute atomic E-state index is 0.766. The average molecular weight is 406 g/mol. The number of fused-ring (bicyclic) bond motifs is 1. The highest BCUT2D eigenvalue weighted by Crippen LogP contribution is 2.45. The third kappa shape index (κ3) is 5.53. The smallest absolute Gasteiger partial charge is 0.225 e. The molecule has 5 rings (SSSR count). The third-order valence-corrected chi connectivity index (χ3v) is 5.31. The number of aromatic nitrogens is 4. The van der Waals surface area contributed by atoms with Gasteiger partial charge in [-0.2, -0.15) is 0 Å². The maximum absolute atomic E-state index is 5.03. The molecule has 30 heavy (non-hydrogen) atoms. The number of hydrogen-bond donors (Lipinski definition) is 0. The maximum atomic E-state index is 5.03. The van der Waals surface area contributed by atoms with Gasteiger partial charge in [0.15, 0.2) is 0 Å². The summed E-state index contributed by atoms with van der Waals surface area (Å²) in [6.07, 6.45) is 11.6. The molecule has 3 aromatic rings. The third-order valence-electron chi connectivity index (χ3n) is 5.31. The van der Waals surface area contributed by atoms with Gasteiger partial charge in [0.2, 0.25) is 5.95 Å². The summed E-state index contributed by atoms with van der Waals surface area (Å²) in [5.74, 6) is 3.59. The van der Waals surface area contributed by atoms with E-state index in [0.29, 0.717) is 0 Å². The van der Waals surface area contributed by atoms with E-state index in [9.17, 15) is 0 Å². The molecule has 0 amide bonds. The van der Waals surface area contributed by atoms with E-state index in [1.807, 2.05) is 50.5 Å². The lowest BCUT2D eigenvalue weighted by molar-refractivity contribution is 0.413. The van der Waals surface area contributed by atoms with Crippen LogP contribution in [0, 0.1) is 11.8 Å². The molecule has 0 bridgehead atoms. The summed E-state index contributed by atoms with van der Waals surface area (Å²) >= 11 is 0. The first-order valence-electron chi connectivity index (χ1n) is 10.7. The van der Waals surface area contributed by atoms with Crippen molar-refractivity contribution in [3.05, 3.63) is 60.8 Å². The van der Waals surface area contributed by atoms with Crippen molar-refractivity contribution in [2.24, 2.45) is 11.8 Å². The van der Waals surface area contributed by atoms with Crippen molar-refractivity contribution >= 4 is 5.95 Å². The predicted molar refractivity (Wildman–Crippen MR) is 121 cm³/mol. The molecule has 2 unspecified atom stereocenters. The van der Waals surface area contributed by atoms with Gasteiger partial charge in [-0.05, 0) is 54.5 Å². The molecule has 2 atom stereocenters. The van der Waals surface area contributed by atoms with Crippen LogP contribution in [-0.4, -0.2) is 40.1 Å². The van der Waals surface area contributed by atoms with E-state index >= 15 is 0 Å². The molecular weight excluding hydrogens is 374 g/mol. The molecule has 0 aromatic carbocycles. The molecule has 0 spiro atoms. The molecule has 1 aliphatic carbocycles. The molecule has 6 heteroatoms. The Morgan fingerprint density at radius 2 is 1.60 bits per heavy atom. The van der Waals surface area contributed by atoms with Crippen molar-refractivity contribution in [2.75, 3.05) is 25.1 Å². The molecule has 1 saturated heterocycles. The summed E-state index contributed by atoms with van der Waals surface area (Å²) in [7, 11) is 1.63. The zero-order valence-electron chi connectivity index (χ0n) is 18.3. The fourth-order valence-corrected chi connectivity index (χ4v) is 3.45. The van der Waals surface area contributed by atoms with Crippen LogP contribution in [0.3, 0.4) is 0 Å². The lowest BCUT2D eigenvalue weighted by Gasteiger charge is -2.17. The Kier molecular flexibility index (Phi) is 7.71. The molecule has 6 nitrogen and oxygen atoms in total. The molecule has 0 radical (unpaired) electrons. The molecular formula is C24H31N5O. The van der Waals surface area contributed by atoms with Gasteiger partial charge in [0.05, 0.1) is 19.0 Å². The van der Waals surface area contributed by atoms with Gasteiger partial charge < -0.3 is 9.64 Å². The van der Waals surface area contributed by atoms with Crippen molar-refractivity contribution in [3.63, 3.8) is 0 Å². The Labute approximate surface area is 179 Å². The molecule has 0 N–H and O–H groups in total. The maximum Gasteiger partial charge on any atom is 0.225 e. The van der Waals surface area contributed by atoms with Gasteiger partial charge in [-0.25, -0.2) is 9.97 Å². The Bertz CT molecular complexity index is 874. The van der Waals surface area contributed by atoms with Crippen LogP contribution >= 0.6 is 0 Å². The van der Waals surface area contributed by atoms with E-state index in [-0.39, 0.29) is 0 Å². The molecule has 2 aliphatic rings. The van der Waals surface area contributed by atoms with Gasteiger partial charge in [0.25, 0.3) is 0 Å². The van der Waals surface area contributed by atoms with Gasteiger partial charge >= 0.3 is 0 Å². The molecule has 1 saturated carbocycles. The zero-order chi connectivity index (χ0) is 21.3. The van der Waals surface area contributed by atoms with Crippen molar-refractivity contribution < 1.29 is 4.74 Å². The minimum Gasteiger partial charge on any atom is -0.495 e. The van der Waals surface area contributed by atoms with Crippen LogP contribution in [0.2, 0.25) is 0 Å². The number of nitrogens with zero attached hydrogens (tertiary/aromatic N) is 5. The van der Waals surface area contributed by atoms with E-state index in [1.165, 1.54) is 25.1 Å². The fraction of sp³-hybridized carbons (Fsp3) is 0.417. The minimum atomic E-state index is 0.766. The van der Waals surface area contributed by atoms with Crippen molar-refractivity contribution in [2.45, 2.75) is 33.6 Å². The van der Waals surface area contributed by atoms with Crippen LogP contribution in [0.15, 0.2) is 55.2 Å². The topological polar surface area (TPSA) is 64.0 Å². The summed E-state index contributed by atoms with van der Waals surface area (Å²) in [6, 6.07) is 7.67. The number of methoxy groups -OCH3 is 1. The monoisotopic (exact) mass is 405 g/mol. The van der Waals surface area contributed by atoms with Crippen molar-refractivity contribution in [1.29, 1.82) is 0 Å². The average Bonchev–Trinajstić information content (AvgIpc) is 3.46. The van der Waals surface area contributed by atoms with Crippen LogP contribution < -0.4 is 9.64 Å². The number of ether oxygens (including phenoxy) is 1. The van der Waals surface area contributed by atoms with E-state index in [0.717, 1.165) is 41.2 Å². The summed E-state index contributed by atoms with van der Waals surface area (Å²) in [5.41, 5.74) is 3.20. The summed E-state index contributed by atoms with van der Waals surface area (Å²) < 4.78 is 5.03. The summed E-state index contributed by atoms with van der Waals surface area (Å²) in [5, 5.41) is 0. The van der Waals surface area contributed by atoms with Crippen molar-refractivity contribution in [1.82, 2.24) is 19.9 Å². The highest BCUT2D eigenvalue weighted by molar-refractivity contribution is 5.58. The van der Waals surface area contributed by atoms with Gasteiger partial charge in [0, 0.05) is 43.4 Å².